The van der Waals surface area contributed by atoms with Gasteiger partial charge in [0.05, 0.1) is 12.6 Å². The van der Waals surface area contributed by atoms with Gasteiger partial charge in [-0.3, -0.25) is 9.80 Å². The summed E-state index contributed by atoms with van der Waals surface area (Å²) in [6.07, 6.45) is -2.80. The molecular formula is C16H22F4N2O. The van der Waals surface area contributed by atoms with Crippen LogP contribution >= 0.6 is 0 Å². The molecule has 1 fully saturated rings. The first-order valence-corrected chi connectivity index (χ1v) is 7.78. The minimum Gasteiger partial charge on any atom is -0.387 e. The molecule has 2 rings (SSSR count). The number of halogens is 4. The van der Waals surface area contributed by atoms with Crippen molar-refractivity contribution in [3.05, 3.63) is 35.4 Å². The highest BCUT2D eigenvalue weighted by Gasteiger charge is 2.29. The number of β-amino-alcohol motifs (C(OH)–C–C–N with tert-alkyl or cyclic N) is 1. The van der Waals surface area contributed by atoms with E-state index in [0.717, 1.165) is 18.2 Å². The molecule has 0 spiro atoms. The quantitative estimate of drug-likeness (QED) is 0.811. The maximum absolute atomic E-state index is 13.7. The summed E-state index contributed by atoms with van der Waals surface area (Å²) in [6.45, 7) is 3.33. The van der Waals surface area contributed by atoms with Gasteiger partial charge in [-0.2, -0.15) is 0 Å². The number of alkyl halides is 2. The minimum atomic E-state index is -2.37. The van der Waals surface area contributed by atoms with Gasteiger partial charge >= 0.3 is 0 Å². The molecule has 0 aliphatic carbocycles. The molecule has 1 aliphatic rings. The van der Waals surface area contributed by atoms with Crippen LogP contribution in [0.3, 0.4) is 0 Å². The van der Waals surface area contributed by atoms with Gasteiger partial charge in [0.2, 0.25) is 0 Å². The van der Waals surface area contributed by atoms with Crippen LogP contribution in [0.4, 0.5) is 17.6 Å². The van der Waals surface area contributed by atoms with Crippen molar-refractivity contribution < 1.29 is 22.7 Å². The highest BCUT2D eigenvalue weighted by molar-refractivity contribution is 5.21. The Morgan fingerprint density at radius 3 is 2.61 bits per heavy atom. The lowest BCUT2D eigenvalue weighted by Gasteiger charge is -2.41. The van der Waals surface area contributed by atoms with Crippen molar-refractivity contribution in [3.8, 4) is 0 Å². The van der Waals surface area contributed by atoms with E-state index in [-0.39, 0.29) is 24.7 Å². The lowest BCUT2D eigenvalue weighted by atomic mass is 10.1. The number of aliphatic hydroxyl groups excluding tert-OH is 1. The second kappa shape index (κ2) is 8.08. The average Bonchev–Trinajstić information content (AvgIpc) is 2.50. The second-order valence-electron chi connectivity index (χ2n) is 5.89. The van der Waals surface area contributed by atoms with Gasteiger partial charge in [0.25, 0.3) is 6.43 Å². The Kier molecular flexibility index (Phi) is 6.38. The first-order valence-electron chi connectivity index (χ1n) is 7.78. The summed E-state index contributed by atoms with van der Waals surface area (Å²) in [5.74, 6) is -1.25. The maximum atomic E-state index is 13.7. The molecule has 1 N–H and O–H groups in total. The molecule has 0 bridgehead atoms. The summed E-state index contributed by atoms with van der Waals surface area (Å²) in [7, 11) is 0. The van der Waals surface area contributed by atoms with Crippen molar-refractivity contribution in [1.29, 1.82) is 0 Å². The third-order valence-electron chi connectivity index (χ3n) is 4.28. The molecule has 1 aromatic carbocycles. The third kappa shape index (κ3) is 4.89. The molecule has 130 valence electrons. The molecule has 0 radical (unpaired) electrons. The fraction of sp³-hybridized carbons (Fsp3) is 0.625. The number of piperazine rings is 1. The van der Waals surface area contributed by atoms with Crippen LogP contribution in [-0.4, -0.2) is 60.1 Å². The summed E-state index contributed by atoms with van der Waals surface area (Å²) in [5, 5.41) is 10.2. The Morgan fingerprint density at radius 2 is 1.96 bits per heavy atom. The van der Waals surface area contributed by atoms with Gasteiger partial charge in [-0.1, -0.05) is 6.92 Å². The SMILES string of the molecule is CCC1CN(CC(O)c2cc(F)ccc2F)CCN1CC(F)F. The third-order valence-corrected chi connectivity index (χ3v) is 4.28. The van der Waals surface area contributed by atoms with E-state index in [1.165, 1.54) is 0 Å². The Labute approximate surface area is 133 Å². The molecule has 0 aromatic heterocycles. The van der Waals surface area contributed by atoms with Gasteiger partial charge in [0.1, 0.15) is 11.6 Å². The van der Waals surface area contributed by atoms with Crippen molar-refractivity contribution in [3.63, 3.8) is 0 Å². The van der Waals surface area contributed by atoms with Crippen molar-refractivity contribution in [2.24, 2.45) is 0 Å². The zero-order chi connectivity index (χ0) is 17.0. The molecule has 3 nitrogen and oxygen atoms in total. The molecule has 1 heterocycles. The highest BCUT2D eigenvalue weighted by Crippen LogP contribution is 2.22. The predicted octanol–water partition coefficient (Wildman–Crippen LogP) is 2.66. The van der Waals surface area contributed by atoms with Gasteiger partial charge in [0, 0.05) is 37.8 Å². The van der Waals surface area contributed by atoms with Crippen molar-refractivity contribution in [1.82, 2.24) is 9.80 Å². The number of aliphatic hydroxyl groups is 1. The van der Waals surface area contributed by atoms with E-state index in [1.807, 2.05) is 11.8 Å². The second-order valence-corrected chi connectivity index (χ2v) is 5.89. The van der Waals surface area contributed by atoms with Crippen LogP contribution in [0.5, 0.6) is 0 Å². The molecule has 1 saturated heterocycles. The van der Waals surface area contributed by atoms with Crippen LogP contribution in [0.25, 0.3) is 0 Å². The van der Waals surface area contributed by atoms with Gasteiger partial charge in [-0.05, 0) is 24.6 Å². The smallest absolute Gasteiger partial charge is 0.251 e. The van der Waals surface area contributed by atoms with Crippen molar-refractivity contribution in [2.75, 3.05) is 32.7 Å². The fourth-order valence-electron chi connectivity index (χ4n) is 3.04. The average molecular weight is 334 g/mol. The van der Waals surface area contributed by atoms with Crippen LogP contribution in [0.1, 0.15) is 25.0 Å². The fourth-order valence-corrected chi connectivity index (χ4v) is 3.04. The van der Waals surface area contributed by atoms with E-state index in [1.54, 1.807) is 4.90 Å². The van der Waals surface area contributed by atoms with Crippen LogP contribution < -0.4 is 0 Å². The van der Waals surface area contributed by atoms with E-state index < -0.39 is 24.2 Å². The summed E-state index contributed by atoms with van der Waals surface area (Å²) < 4.78 is 52.0. The number of benzene rings is 1. The molecular weight excluding hydrogens is 312 g/mol. The molecule has 0 saturated carbocycles. The Morgan fingerprint density at radius 1 is 1.22 bits per heavy atom. The van der Waals surface area contributed by atoms with Crippen molar-refractivity contribution >= 4 is 0 Å². The van der Waals surface area contributed by atoms with E-state index in [4.69, 9.17) is 0 Å². The van der Waals surface area contributed by atoms with E-state index in [2.05, 4.69) is 0 Å². The Bertz CT molecular complexity index is 515. The molecule has 7 heteroatoms. The molecule has 0 amide bonds. The molecule has 1 aromatic rings. The molecule has 2 atom stereocenters. The Hall–Kier alpha value is -1.18. The first kappa shape index (κ1) is 18.2. The zero-order valence-corrected chi connectivity index (χ0v) is 13.1. The number of hydrogen-bond donors (Lipinski definition) is 1. The summed E-state index contributed by atoms with van der Waals surface area (Å²) in [4.78, 5) is 3.65. The lowest BCUT2D eigenvalue weighted by molar-refractivity contribution is 0.00441. The predicted molar refractivity (Wildman–Crippen MR) is 79.4 cm³/mol. The summed E-state index contributed by atoms with van der Waals surface area (Å²) in [6, 6.07) is 2.96. The standard InChI is InChI=1S/C16H22F4N2O/c1-2-12-8-21(5-6-22(12)10-16(19)20)9-15(23)13-7-11(17)3-4-14(13)18/h3-4,7,12,15-16,23H,2,5-6,8-10H2,1H3. The number of hydrogen-bond acceptors (Lipinski definition) is 3. The maximum Gasteiger partial charge on any atom is 0.251 e. The van der Waals surface area contributed by atoms with Gasteiger partial charge in [-0.25, -0.2) is 17.6 Å². The first-order chi connectivity index (χ1) is 10.9. The molecule has 2 unspecified atom stereocenters. The summed E-state index contributed by atoms with van der Waals surface area (Å²) >= 11 is 0. The molecule has 23 heavy (non-hydrogen) atoms. The zero-order valence-electron chi connectivity index (χ0n) is 13.1. The summed E-state index contributed by atoms with van der Waals surface area (Å²) in [5.41, 5.74) is -0.0759. The van der Waals surface area contributed by atoms with Crippen molar-refractivity contribution in [2.45, 2.75) is 31.9 Å². The monoisotopic (exact) mass is 334 g/mol. The van der Waals surface area contributed by atoms with E-state index in [0.29, 0.717) is 26.1 Å². The van der Waals surface area contributed by atoms with Crippen LogP contribution in [0.2, 0.25) is 0 Å². The van der Waals surface area contributed by atoms with Gasteiger partial charge in [0.15, 0.2) is 0 Å². The van der Waals surface area contributed by atoms with Crippen LogP contribution in [0.15, 0.2) is 18.2 Å². The van der Waals surface area contributed by atoms with Gasteiger partial charge < -0.3 is 5.11 Å². The lowest BCUT2D eigenvalue weighted by Crippen LogP contribution is -2.54. The normalized spacial score (nSPS) is 21.8. The van der Waals surface area contributed by atoms with Gasteiger partial charge in [-0.15, -0.1) is 0 Å². The van der Waals surface area contributed by atoms with E-state index in [9.17, 15) is 22.7 Å². The number of nitrogens with zero attached hydrogens (tertiary/aromatic N) is 2. The molecule has 1 aliphatic heterocycles. The topological polar surface area (TPSA) is 26.7 Å². The van der Waals surface area contributed by atoms with E-state index >= 15 is 0 Å². The largest absolute Gasteiger partial charge is 0.387 e. The van der Waals surface area contributed by atoms with Crippen LogP contribution in [-0.2, 0) is 0 Å². The minimum absolute atomic E-state index is 0.0256. The highest BCUT2D eigenvalue weighted by atomic mass is 19.3. The Balaban J connectivity index is 1.97. The number of rotatable bonds is 6. The van der Waals surface area contributed by atoms with Crippen LogP contribution in [0, 0.1) is 11.6 Å².